The van der Waals surface area contributed by atoms with Gasteiger partial charge in [0.25, 0.3) is 0 Å². The van der Waals surface area contributed by atoms with Gasteiger partial charge in [-0.25, -0.2) is 0 Å². The Morgan fingerprint density at radius 3 is 2.65 bits per heavy atom. The maximum Gasteiger partial charge on any atom is 0.219 e. The van der Waals surface area contributed by atoms with Crippen LogP contribution in [0.15, 0.2) is 18.2 Å². The fourth-order valence-corrected chi connectivity index (χ4v) is 1.78. The second-order valence-corrected chi connectivity index (χ2v) is 4.55. The van der Waals surface area contributed by atoms with Gasteiger partial charge in [-0.3, -0.25) is 4.79 Å². The predicted octanol–water partition coefficient (Wildman–Crippen LogP) is 1.88. The molecule has 5 nitrogen and oxygen atoms in total. The molecule has 0 radical (unpaired) electrons. The normalized spacial score (nSPS) is 11.8. The minimum absolute atomic E-state index is 0.0266. The van der Waals surface area contributed by atoms with Crippen LogP contribution in [0, 0.1) is 0 Å². The van der Waals surface area contributed by atoms with Crippen molar-refractivity contribution in [3.63, 3.8) is 0 Å². The Balaban J connectivity index is 2.59. The molecule has 1 unspecified atom stereocenters. The SMILES string of the molecule is CNC(=O)CCCOc1ccc(C(C)NC)cc1OC. The molecule has 20 heavy (non-hydrogen) atoms. The van der Waals surface area contributed by atoms with Gasteiger partial charge >= 0.3 is 0 Å². The van der Waals surface area contributed by atoms with Crippen LogP contribution in [0.5, 0.6) is 11.5 Å². The van der Waals surface area contributed by atoms with Crippen LogP contribution >= 0.6 is 0 Å². The molecule has 0 saturated carbocycles. The molecule has 1 atom stereocenters. The van der Waals surface area contributed by atoms with Gasteiger partial charge in [-0.1, -0.05) is 6.07 Å². The molecule has 1 aromatic carbocycles. The quantitative estimate of drug-likeness (QED) is 0.714. The van der Waals surface area contributed by atoms with Gasteiger partial charge in [0, 0.05) is 19.5 Å². The number of carbonyl (C=O) groups excluding carboxylic acids is 1. The lowest BCUT2D eigenvalue weighted by Gasteiger charge is -2.15. The minimum Gasteiger partial charge on any atom is -0.493 e. The molecule has 112 valence electrons. The van der Waals surface area contributed by atoms with Crippen molar-refractivity contribution in [2.75, 3.05) is 27.8 Å². The Hall–Kier alpha value is -1.75. The summed E-state index contributed by atoms with van der Waals surface area (Å²) in [6.45, 7) is 2.57. The number of carbonyl (C=O) groups is 1. The Kier molecular flexibility index (Phi) is 6.87. The van der Waals surface area contributed by atoms with E-state index in [0.717, 1.165) is 5.56 Å². The molecule has 1 rings (SSSR count). The first-order valence-corrected chi connectivity index (χ1v) is 6.81. The summed E-state index contributed by atoms with van der Waals surface area (Å²) >= 11 is 0. The standard InChI is InChI=1S/C15H24N2O3/c1-11(16-2)12-7-8-13(14(10-12)19-4)20-9-5-6-15(18)17-3/h7-8,10-11,16H,5-6,9H2,1-4H3,(H,17,18). The second-order valence-electron chi connectivity index (χ2n) is 4.55. The van der Waals surface area contributed by atoms with Crippen LogP contribution in [0.1, 0.15) is 31.4 Å². The minimum atomic E-state index is 0.0266. The van der Waals surface area contributed by atoms with Gasteiger partial charge in [0.1, 0.15) is 0 Å². The van der Waals surface area contributed by atoms with Crippen molar-refractivity contribution >= 4 is 5.91 Å². The zero-order chi connectivity index (χ0) is 15.0. The number of rotatable bonds is 8. The molecule has 2 N–H and O–H groups in total. The van der Waals surface area contributed by atoms with E-state index in [2.05, 4.69) is 17.6 Å². The Morgan fingerprint density at radius 1 is 1.30 bits per heavy atom. The zero-order valence-corrected chi connectivity index (χ0v) is 12.7. The molecule has 0 spiro atoms. The Bertz CT molecular complexity index is 435. The molecule has 0 aliphatic carbocycles. The topological polar surface area (TPSA) is 59.6 Å². The lowest BCUT2D eigenvalue weighted by molar-refractivity contribution is -0.120. The molecule has 0 aliphatic heterocycles. The number of methoxy groups -OCH3 is 1. The first-order chi connectivity index (χ1) is 9.62. The van der Waals surface area contributed by atoms with E-state index in [9.17, 15) is 4.79 Å². The van der Waals surface area contributed by atoms with E-state index in [1.807, 2.05) is 25.2 Å². The van der Waals surface area contributed by atoms with Crippen molar-refractivity contribution in [3.8, 4) is 11.5 Å². The summed E-state index contributed by atoms with van der Waals surface area (Å²) in [4.78, 5) is 11.1. The van der Waals surface area contributed by atoms with Crippen LogP contribution in [-0.2, 0) is 4.79 Å². The summed E-state index contributed by atoms with van der Waals surface area (Å²) in [6, 6.07) is 6.14. The van der Waals surface area contributed by atoms with Gasteiger partial charge < -0.3 is 20.1 Å². The fraction of sp³-hybridized carbons (Fsp3) is 0.533. The smallest absolute Gasteiger partial charge is 0.219 e. The highest BCUT2D eigenvalue weighted by atomic mass is 16.5. The first-order valence-electron chi connectivity index (χ1n) is 6.81. The van der Waals surface area contributed by atoms with Crippen molar-refractivity contribution in [1.82, 2.24) is 10.6 Å². The van der Waals surface area contributed by atoms with Crippen LogP contribution < -0.4 is 20.1 Å². The average molecular weight is 280 g/mol. The lowest BCUT2D eigenvalue weighted by atomic mass is 10.1. The van der Waals surface area contributed by atoms with Crippen LogP contribution in [-0.4, -0.2) is 33.7 Å². The van der Waals surface area contributed by atoms with Crippen LogP contribution in [0.2, 0.25) is 0 Å². The van der Waals surface area contributed by atoms with Gasteiger partial charge in [0.2, 0.25) is 5.91 Å². The monoisotopic (exact) mass is 280 g/mol. The Morgan fingerprint density at radius 2 is 2.05 bits per heavy atom. The maximum atomic E-state index is 11.1. The molecular weight excluding hydrogens is 256 g/mol. The molecule has 0 bridgehead atoms. The summed E-state index contributed by atoms with van der Waals surface area (Å²) in [6.07, 6.45) is 1.14. The predicted molar refractivity (Wildman–Crippen MR) is 79.3 cm³/mol. The lowest BCUT2D eigenvalue weighted by Crippen LogP contribution is -2.18. The van der Waals surface area contributed by atoms with Gasteiger partial charge in [0.05, 0.1) is 13.7 Å². The van der Waals surface area contributed by atoms with Gasteiger partial charge in [-0.15, -0.1) is 0 Å². The molecule has 1 aromatic rings. The summed E-state index contributed by atoms with van der Waals surface area (Å²) in [5, 5.41) is 5.77. The molecule has 1 amide bonds. The molecular formula is C15H24N2O3. The third-order valence-corrected chi connectivity index (χ3v) is 3.21. The highest BCUT2D eigenvalue weighted by Crippen LogP contribution is 2.30. The van der Waals surface area contributed by atoms with Gasteiger partial charge in [0.15, 0.2) is 11.5 Å². The number of hydrogen-bond donors (Lipinski definition) is 2. The van der Waals surface area contributed by atoms with E-state index in [-0.39, 0.29) is 11.9 Å². The van der Waals surface area contributed by atoms with Crippen molar-refractivity contribution in [1.29, 1.82) is 0 Å². The molecule has 0 aliphatic rings. The molecule has 5 heteroatoms. The summed E-state index contributed by atoms with van der Waals surface area (Å²) < 4.78 is 11.0. The third-order valence-electron chi connectivity index (χ3n) is 3.21. The van der Waals surface area contributed by atoms with Gasteiger partial charge in [-0.05, 0) is 38.1 Å². The maximum absolute atomic E-state index is 11.1. The van der Waals surface area contributed by atoms with Crippen molar-refractivity contribution in [2.24, 2.45) is 0 Å². The van der Waals surface area contributed by atoms with E-state index in [1.165, 1.54) is 0 Å². The summed E-state index contributed by atoms with van der Waals surface area (Å²) in [7, 11) is 5.18. The van der Waals surface area contributed by atoms with Crippen molar-refractivity contribution < 1.29 is 14.3 Å². The molecule has 0 fully saturated rings. The Labute approximate surface area is 120 Å². The van der Waals surface area contributed by atoms with E-state index in [4.69, 9.17) is 9.47 Å². The third kappa shape index (κ3) is 4.74. The van der Waals surface area contributed by atoms with Crippen molar-refractivity contribution in [2.45, 2.75) is 25.8 Å². The van der Waals surface area contributed by atoms with Crippen LogP contribution in [0.4, 0.5) is 0 Å². The number of amides is 1. The fourth-order valence-electron chi connectivity index (χ4n) is 1.78. The van der Waals surface area contributed by atoms with E-state index < -0.39 is 0 Å². The number of hydrogen-bond acceptors (Lipinski definition) is 4. The zero-order valence-electron chi connectivity index (χ0n) is 12.7. The van der Waals surface area contributed by atoms with Crippen molar-refractivity contribution in [3.05, 3.63) is 23.8 Å². The van der Waals surface area contributed by atoms with E-state index in [0.29, 0.717) is 30.9 Å². The molecule has 0 aromatic heterocycles. The average Bonchev–Trinajstić information content (AvgIpc) is 2.50. The van der Waals surface area contributed by atoms with Crippen LogP contribution in [0.25, 0.3) is 0 Å². The molecule has 0 heterocycles. The van der Waals surface area contributed by atoms with Gasteiger partial charge in [-0.2, -0.15) is 0 Å². The number of ether oxygens (including phenoxy) is 2. The van der Waals surface area contributed by atoms with E-state index in [1.54, 1.807) is 14.2 Å². The molecule has 0 saturated heterocycles. The van der Waals surface area contributed by atoms with Crippen LogP contribution in [0.3, 0.4) is 0 Å². The summed E-state index contributed by atoms with van der Waals surface area (Å²) in [5.41, 5.74) is 1.14. The van der Waals surface area contributed by atoms with E-state index >= 15 is 0 Å². The highest BCUT2D eigenvalue weighted by Gasteiger charge is 2.09. The first kappa shape index (κ1) is 16.3. The summed E-state index contributed by atoms with van der Waals surface area (Å²) in [5.74, 6) is 1.44. The largest absolute Gasteiger partial charge is 0.493 e. The number of nitrogens with one attached hydrogen (secondary N) is 2. The second kappa shape index (κ2) is 8.43. The highest BCUT2D eigenvalue weighted by molar-refractivity contribution is 5.75. The number of benzene rings is 1.